The molecule has 0 saturated carbocycles. The maximum Gasteiger partial charge on any atom is 0.338 e. The summed E-state index contributed by atoms with van der Waals surface area (Å²) in [5, 5.41) is 1.94. The van der Waals surface area contributed by atoms with Gasteiger partial charge in [0, 0.05) is 4.88 Å². The minimum Gasteiger partial charge on any atom is -0.463 e. The van der Waals surface area contributed by atoms with Crippen molar-refractivity contribution in [3.63, 3.8) is 0 Å². The van der Waals surface area contributed by atoms with Gasteiger partial charge in [-0.2, -0.15) is 0 Å². The van der Waals surface area contributed by atoms with Crippen LogP contribution >= 0.6 is 22.7 Å². The van der Waals surface area contributed by atoms with Crippen LogP contribution in [0.15, 0.2) is 75.0 Å². The van der Waals surface area contributed by atoms with Crippen LogP contribution < -0.4 is 14.9 Å². The van der Waals surface area contributed by atoms with Crippen molar-refractivity contribution in [1.82, 2.24) is 4.57 Å². The highest BCUT2D eigenvalue weighted by Gasteiger charge is 2.33. The topological polar surface area (TPSA) is 60.7 Å². The van der Waals surface area contributed by atoms with Crippen LogP contribution in [0.25, 0.3) is 12.2 Å². The lowest BCUT2D eigenvalue weighted by molar-refractivity contribution is -0.139. The van der Waals surface area contributed by atoms with E-state index in [0.29, 0.717) is 20.6 Å². The van der Waals surface area contributed by atoms with Crippen molar-refractivity contribution in [3.05, 3.63) is 95.3 Å². The Kier molecular flexibility index (Phi) is 5.92. The molecule has 7 heteroatoms. The number of thiophene rings is 1. The molecular formula is C23H20N2O3S2. The molecular weight excluding hydrogens is 416 g/mol. The van der Waals surface area contributed by atoms with Crippen molar-refractivity contribution >= 4 is 40.8 Å². The monoisotopic (exact) mass is 436 g/mol. The number of nitrogens with zero attached hydrogens (tertiary/aromatic N) is 2. The van der Waals surface area contributed by atoms with Crippen molar-refractivity contribution in [2.75, 3.05) is 6.61 Å². The van der Waals surface area contributed by atoms with Crippen LogP contribution in [0.2, 0.25) is 0 Å². The van der Waals surface area contributed by atoms with Gasteiger partial charge in [-0.1, -0.05) is 59.9 Å². The van der Waals surface area contributed by atoms with E-state index < -0.39 is 12.0 Å². The average Bonchev–Trinajstić information content (AvgIpc) is 3.37. The van der Waals surface area contributed by atoms with Crippen LogP contribution in [0.3, 0.4) is 0 Å². The molecule has 4 rings (SSSR count). The number of esters is 1. The summed E-state index contributed by atoms with van der Waals surface area (Å²) in [5.74, 6) is -0.435. The number of aromatic nitrogens is 1. The van der Waals surface area contributed by atoms with E-state index in [1.54, 1.807) is 24.5 Å². The molecule has 0 fully saturated rings. The molecule has 0 amide bonds. The zero-order chi connectivity index (χ0) is 21.1. The summed E-state index contributed by atoms with van der Waals surface area (Å²) in [7, 11) is 0. The first-order valence-electron chi connectivity index (χ1n) is 9.55. The van der Waals surface area contributed by atoms with E-state index in [9.17, 15) is 9.59 Å². The van der Waals surface area contributed by atoms with Gasteiger partial charge in [0.15, 0.2) is 4.80 Å². The molecule has 0 N–H and O–H groups in total. The van der Waals surface area contributed by atoms with Crippen molar-refractivity contribution < 1.29 is 9.53 Å². The summed E-state index contributed by atoms with van der Waals surface area (Å²) < 4.78 is 7.45. The van der Waals surface area contributed by atoms with Crippen LogP contribution in [-0.4, -0.2) is 17.1 Å². The van der Waals surface area contributed by atoms with E-state index in [4.69, 9.17) is 4.74 Å². The first-order valence-corrected chi connectivity index (χ1v) is 11.2. The Balaban J connectivity index is 1.83. The molecule has 30 heavy (non-hydrogen) atoms. The summed E-state index contributed by atoms with van der Waals surface area (Å²) in [6.07, 6.45) is 5.61. The van der Waals surface area contributed by atoms with Crippen LogP contribution in [0.1, 0.15) is 30.3 Å². The molecule has 0 radical (unpaired) electrons. The number of thiazole rings is 1. The molecule has 0 saturated heterocycles. The predicted octanol–water partition coefficient (Wildman–Crippen LogP) is 3.52. The molecule has 1 aliphatic heterocycles. The summed E-state index contributed by atoms with van der Waals surface area (Å²) in [6.45, 7) is 3.82. The van der Waals surface area contributed by atoms with Gasteiger partial charge in [0.2, 0.25) is 0 Å². The lowest BCUT2D eigenvalue weighted by atomic mass is 10.0. The van der Waals surface area contributed by atoms with Gasteiger partial charge < -0.3 is 4.74 Å². The fraction of sp³-hybridized carbons (Fsp3) is 0.174. The van der Waals surface area contributed by atoms with E-state index in [1.165, 1.54) is 22.7 Å². The third-order valence-electron chi connectivity index (χ3n) is 4.67. The Labute approximate surface area is 181 Å². The number of rotatable bonds is 5. The first-order chi connectivity index (χ1) is 14.6. The Bertz CT molecular complexity index is 1300. The molecule has 1 aliphatic rings. The Hall–Kier alpha value is -3.03. The number of ether oxygens (including phenoxy) is 1. The van der Waals surface area contributed by atoms with Crippen molar-refractivity contribution in [2.24, 2.45) is 4.99 Å². The standard InChI is InChI=1S/C23H20N2O3S2/c1-3-28-22(27)19-15(2)24-23-25(20(19)17-13-8-14-29-17)21(26)18(30-23)12-7-11-16-9-5-4-6-10-16/h4-14,20H,3H2,1-2H3/b11-7-,18-12+. The second-order valence-electron chi connectivity index (χ2n) is 6.61. The highest BCUT2D eigenvalue weighted by Crippen LogP contribution is 2.33. The zero-order valence-electron chi connectivity index (χ0n) is 16.6. The predicted molar refractivity (Wildman–Crippen MR) is 121 cm³/mol. The van der Waals surface area contributed by atoms with E-state index >= 15 is 0 Å². The van der Waals surface area contributed by atoms with Gasteiger partial charge in [0.05, 0.1) is 22.4 Å². The largest absolute Gasteiger partial charge is 0.463 e. The van der Waals surface area contributed by atoms with E-state index in [0.717, 1.165) is 10.4 Å². The highest BCUT2D eigenvalue weighted by molar-refractivity contribution is 7.10. The maximum atomic E-state index is 13.3. The fourth-order valence-corrected chi connectivity index (χ4v) is 5.15. The zero-order valence-corrected chi connectivity index (χ0v) is 18.2. The number of fused-ring (bicyclic) bond motifs is 1. The smallest absolute Gasteiger partial charge is 0.338 e. The lowest BCUT2D eigenvalue weighted by Crippen LogP contribution is -2.39. The average molecular weight is 437 g/mol. The molecule has 1 unspecified atom stereocenters. The number of hydrogen-bond donors (Lipinski definition) is 0. The third kappa shape index (κ3) is 3.86. The van der Waals surface area contributed by atoms with Crippen molar-refractivity contribution in [3.8, 4) is 0 Å². The van der Waals surface area contributed by atoms with E-state index in [-0.39, 0.29) is 12.2 Å². The minimum atomic E-state index is -0.527. The number of carbonyl (C=O) groups excluding carboxylic acids is 1. The highest BCUT2D eigenvalue weighted by atomic mass is 32.1. The van der Waals surface area contributed by atoms with E-state index in [2.05, 4.69) is 4.99 Å². The molecule has 2 aromatic heterocycles. The number of hydrogen-bond acceptors (Lipinski definition) is 6. The Morgan fingerprint density at radius 1 is 1.23 bits per heavy atom. The molecule has 0 aliphatic carbocycles. The normalized spacial score (nSPS) is 16.6. The molecule has 0 bridgehead atoms. The summed E-state index contributed by atoms with van der Waals surface area (Å²) >= 11 is 2.83. The summed E-state index contributed by atoms with van der Waals surface area (Å²) in [6, 6.07) is 13.2. The molecule has 152 valence electrons. The van der Waals surface area contributed by atoms with E-state index in [1.807, 2.05) is 60.0 Å². The summed E-state index contributed by atoms with van der Waals surface area (Å²) in [4.78, 5) is 32.0. The van der Waals surface area contributed by atoms with Crippen LogP contribution in [-0.2, 0) is 9.53 Å². The SMILES string of the molecule is CCOC(=O)C1=C(C)N=c2s/c(=C/C=C\c3ccccc3)c(=O)n2C1c1cccs1. The van der Waals surface area contributed by atoms with Gasteiger partial charge in [-0.15, -0.1) is 11.3 Å². The van der Waals surface area contributed by atoms with Gasteiger partial charge in [0.1, 0.15) is 6.04 Å². The number of benzene rings is 1. The van der Waals surface area contributed by atoms with Gasteiger partial charge in [-0.05, 0) is 36.9 Å². The second-order valence-corrected chi connectivity index (χ2v) is 8.60. The number of allylic oxidation sites excluding steroid dienone is 2. The lowest BCUT2D eigenvalue weighted by Gasteiger charge is -2.23. The van der Waals surface area contributed by atoms with Crippen molar-refractivity contribution in [1.29, 1.82) is 0 Å². The molecule has 1 aromatic carbocycles. The Morgan fingerprint density at radius 3 is 2.73 bits per heavy atom. The molecule has 0 spiro atoms. The van der Waals surface area contributed by atoms with Crippen LogP contribution in [0.5, 0.6) is 0 Å². The quantitative estimate of drug-likeness (QED) is 0.575. The van der Waals surface area contributed by atoms with Crippen LogP contribution in [0.4, 0.5) is 0 Å². The molecule has 3 aromatic rings. The third-order valence-corrected chi connectivity index (χ3v) is 6.59. The van der Waals surface area contributed by atoms with Gasteiger partial charge in [0.25, 0.3) is 5.56 Å². The maximum absolute atomic E-state index is 13.3. The molecule has 3 heterocycles. The number of carbonyl (C=O) groups is 1. The van der Waals surface area contributed by atoms with Gasteiger partial charge in [-0.3, -0.25) is 9.36 Å². The van der Waals surface area contributed by atoms with Crippen LogP contribution in [0, 0.1) is 0 Å². The summed E-state index contributed by atoms with van der Waals surface area (Å²) in [5.41, 5.74) is 1.89. The second kappa shape index (κ2) is 8.77. The van der Waals surface area contributed by atoms with Gasteiger partial charge in [-0.25, -0.2) is 9.79 Å². The molecule has 1 atom stereocenters. The first kappa shape index (κ1) is 20.3. The molecule has 5 nitrogen and oxygen atoms in total. The Morgan fingerprint density at radius 2 is 2.03 bits per heavy atom. The minimum absolute atomic E-state index is 0.163. The fourth-order valence-electron chi connectivity index (χ4n) is 3.33. The van der Waals surface area contributed by atoms with Gasteiger partial charge >= 0.3 is 5.97 Å². The van der Waals surface area contributed by atoms with Crippen molar-refractivity contribution in [2.45, 2.75) is 19.9 Å².